The maximum Gasteiger partial charge on any atom is 0.325 e. The van der Waals surface area contributed by atoms with E-state index in [0.29, 0.717) is 12.7 Å². The van der Waals surface area contributed by atoms with Gasteiger partial charge < -0.3 is 14.8 Å². The fraction of sp³-hybridized carbons (Fsp3) is 0.938. The van der Waals surface area contributed by atoms with Gasteiger partial charge >= 0.3 is 5.97 Å². The molecule has 120 valence electrons. The second-order valence-corrected chi connectivity index (χ2v) is 5.71. The second kappa shape index (κ2) is 11.1. The van der Waals surface area contributed by atoms with Gasteiger partial charge in [0.1, 0.15) is 5.54 Å². The molecular weight excluding hydrogens is 254 g/mol. The number of hydrogen-bond acceptors (Lipinski definition) is 4. The lowest BCUT2D eigenvalue weighted by Crippen LogP contribution is -2.48. The number of hydrogen-bond donors (Lipinski definition) is 1. The molecule has 0 aliphatic rings. The molecule has 0 aromatic heterocycles. The molecule has 0 heterocycles. The number of likely N-dealkylation sites (N-methyl/N-ethyl adjacent to an activating group) is 1. The smallest absolute Gasteiger partial charge is 0.325 e. The highest BCUT2D eigenvalue weighted by atomic mass is 16.5. The average molecular weight is 287 g/mol. The van der Waals surface area contributed by atoms with E-state index in [4.69, 9.17) is 9.47 Å². The SMILES string of the molecule is CCCCCCC(C)OCCCC(C)(NC)C(=O)OC. The number of methoxy groups -OCH3 is 1. The molecule has 0 bridgehead atoms. The van der Waals surface area contributed by atoms with Crippen LogP contribution >= 0.6 is 0 Å². The number of unbranched alkanes of at least 4 members (excludes halogenated alkanes) is 3. The number of ether oxygens (including phenoxy) is 2. The summed E-state index contributed by atoms with van der Waals surface area (Å²) in [4.78, 5) is 11.7. The van der Waals surface area contributed by atoms with E-state index in [1.165, 1.54) is 32.8 Å². The molecule has 0 spiro atoms. The summed E-state index contributed by atoms with van der Waals surface area (Å²) in [5, 5.41) is 3.04. The van der Waals surface area contributed by atoms with Crippen molar-refractivity contribution in [2.24, 2.45) is 0 Å². The molecule has 20 heavy (non-hydrogen) atoms. The first-order chi connectivity index (χ1) is 9.50. The highest BCUT2D eigenvalue weighted by Crippen LogP contribution is 2.15. The molecule has 0 fully saturated rings. The monoisotopic (exact) mass is 287 g/mol. The number of esters is 1. The van der Waals surface area contributed by atoms with Gasteiger partial charge in [0.25, 0.3) is 0 Å². The van der Waals surface area contributed by atoms with Gasteiger partial charge in [-0.15, -0.1) is 0 Å². The van der Waals surface area contributed by atoms with Gasteiger partial charge in [-0.1, -0.05) is 32.6 Å². The Morgan fingerprint density at radius 2 is 1.95 bits per heavy atom. The minimum atomic E-state index is -0.609. The highest BCUT2D eigenvalue weighted by Gasteiger charge is 2.31. The highest BCUT2D eigenvalue weighted by molar-refractivity contribution is 5.80. The van der Waals surface area contributed by atoms with Gasteiger partial charge in [-0.3, -0.25) is 4.79 Å². The minimum absolute atomic E-state index is 0.215. The fourth-order valence-corrected chi connectivity index (χ4v) is 2.21. The van der Waals surface area contributed by atoms with Crippen molar-refractivity contribution < 1.29 is 14.3 Å². The first-order valence-electron chi connectivity index (χ1n) is 7.89. The quantitative estimate of drug-likeness (QED) is 0.442. The topological polar surface area (TPSA) is 47.6 Å². The number of rotatable bonds is 12. The molecule has 0 amide bonds. The van der Waals surface area contributed by atoms with Gasteiger partial charge in [-0.05, 0) is 40.2 Å². The van der Waals surface area contributed by atoms with Crippen LogP contribution in [0.5, 0.6) is 0 Å². The van der Waals surface area contributed by atoms with Crippen LogP contribution in [-0.4, -0.2) is 38.4 Å². The maximum absolute atomic E-state index is 11.7. The lowest BCUT2D eigenvalue weighted by Gasteiger charge is -2.26. The van der Waals surface area contributed by atoms with Gasteiger partial charge in [0.15, 0.2) is 0 Å². The average Bonchev–Trinajstić information content (AvgIpc) is 2.47. The summed E-state index contributed by atoms with van der Waals surface area (Å²) in [6.07, 6.45) is 8.13. The Hall–Kier alpha value is -0.610. The summed E-state index contributed by atoms with van der Waals surface area (Å²) in [6.45, 7) is 6.92. The van der Waals surface area contributed by atoms with Crippen molar-refractivity contribution in [3.63, 3.8) is 0 Å². The second-order valence-electron chi connectivity index (χ2n) is 5.71. The van der Waals surface area contributed by atoms with Crippen molar-refractivity contribution in [3.05, 3.63) is 0 Å². The van der Waals surface area contributed by atoms with Crippen LogP contribution in [0.1, 0.15) is 65.7 Å². The maximum atomic E-state index is 11.7. The van der Waals surface area contributed by atoms with Crippen molar-refractivity contribution in [2.45, 2.75) is 77.4 Å². The molecule has 0 aliphatic carbocycles. The molecule has 2 atom stereocenters. The molecule has 0 saturated carbocycles. The van der Waals surface area contributed by atoms with Gasteiger partial charge in [0.2, 0.25) is 0 Å². The summed E-state index contributed by atoms with van der Waals surface area (Å²) in [7, 11) is 3.21. The van der Waals surface area contributed by atoms with E-state index in [-0.39, 0.29) is 5.97 Å². The molecule has 1 N–H and O–H groups in total. The van der Waals surface area contributed by atoms with E-state index >= 15 is 0 Å². The Labute approximate surface area is 124 Å². The van der Waals surface area contributed by atoms with Crippen LogP contribution in [0.3, 0.4) is 0 Å². The molecule has 0 rings (SSSR count). The van der Waals surface area contributed by atoms with Crippen LogP contribution in [0.2, 0.25) is 0 Å². The van der Waals surface area contributed by atoms with E-state index < -0.39 is 5.54 Å². The number of carbonyl (C=O) groups is 1. The molecule has 0 saturated heterocycles. The van der Waals surface area contributed by atoms with Crippen molar-refractivity contribution >= 4 is 5.97 Å². The third-order valence-electron chi connectivity index (χ3n) is 3.88. The number of carbonyl (C=O) groups excluding carboxylic acids is 1. The summed E-state index contributed by atoms with van der Waals surface area (Å²) in [5.74, 6) is -0.215. The van der Waals surface area contributed by atoms with Gasteiger partial charge in [-0.25, -0.2) is 0 Å². The molecule has 0 aliphatic heterocycles. The molecule has 0 radical (unpaired) electrons. The van der Waals surface area contributed by atoms with Crippen LogP contribution in [0.4, 0.5) is 0 Å². The van der Waals surface area contributed by atoms with Crippen molar-refractivity contribution in [2.75, 3.05) is 20.8 Å². The lowest BCUT2D eigenvalue weighted by molar-refractivity contribution is -0.148. The molecule has 2 unspecified atom stereocenters. The van der Waals surface area contributed by atoms with Crippen molar-refractivity contribution in [3.8, 4) is 0 Å². The van der Waals surface area contributed by atoms with Crippen molar-refractivity contribution in [1.82, 2.24) is 5.32 Å². The van der Waals surface area contributed by atoms with Crippen LogP contribution in [0, 0.1) is 0 Å². The number of nitrogens with one attached hydrogen (secondary N) is 1. The first-order valence-corrected chi connectivity index (χ1v) is 7.89. The zero-order valence-electron chi connectivity index (χ0n) is 14.0. The van der Waals surface area contributed by atoms with E-state index in [1.54, 1.807) is 7.05 Å². The molecule has 0 aromatic carbocycles. The van der Waals surface area contributed by atoms with E-state index in [0.717, 1.165) is 19.3 Å². The van der Waals surface area contributed by atoms with E-state index in [1.807, 2.05) is 6.92 Å². The largest absolute Gasteiger partial charge is 0.468 e. The van der Waals surface area contributed by atoms with Crippen LogP contribution in [0.25, 0.3) is 0 Å². The van der Waals surface area contributed by atoms with Gasteiger partial charge in [0.05, 0.1) is 13.2 Å². The molecule has 0 aromatic rings. The summed E-state index contributed by atoms with van der Waals surface area (Å²) in [6, 6.07) is 0. The van der Waals surface area contributed by atoms with E-state index in [2.05, 4.69) is 19.2 Å². The summed E-state index contributed by atoms with van der Waals surface area (Å²) < 4.78 is 10.6. The summed E-state index contributed by atoms with van der Waals surface area (Å²) >= 11 is 0. The Kier molecular flexibility index (Phi) is 10.8. The third-order valence-corrected chi connectivity index (χ3v) is 3.88. The van der Waals surface area contributed by atoms with Crippen LogP contribution in [0.15, 0.2) is 0 Å². The normalized spacial score (nSPS) is 15.7. The molecular formula is C16H33NO3. The predicted molar refractivity (Wildman–Crippen MR) is 82.9 cm³/mol. The van der Waals surface area contributed by atoms with Gasteiger partial charge in [0, 0.05) is 6.61 Å². The standard InChI is InChI=1S/C16H33NO3/c1-6-7-8-9-11-14(2)20-13-10-12-16(3,17-4)15(18)19-5/h14,17H,6-13H2,1-5H3. The van der Waals surface area contributed by atoms with Gasteiger partial charge in [-0.2, -0.15) is 0 Å². The Morgan fingerprint density at radius 1 is 1.25 bits per heavy atom. The first kappa shape index (κ1) is 19.4. The Balaban J connectivity index is 3.75. The van der Waals surface area contributed by atoms with Crippen molar-refractivity contribution in [1.29, 1.82) is 0 Å². The minimum Gasteiger partial charge on any atom is -0.468 e. The summed E-state index contributed by atoms with van der Waals surface area (Å²) in [5.41, 5.74) is -0.609. The third kappa shape index (κ3) is 7.85. The Bertz CT molecular complexity index is 258. The molecule has 4 nitrogen and oxygen atoms in total. The zero-order valence-corrected chi connectivity index (χ0v) is 14.0. The zero-order chi connectivity index (χ0) is 15.4. The predicted octanol–water partition coefficient (Wildman–Crippen LogP) is 3.29. The van der Waals surface area contributed by atoms with Crippen LogP contribution < -0.4 is 5.32 Å². The fourth-order valence-electron chi connectivity index (χ4n) is 2.21. The molecule has 4 heteroatoms. The lowest BCUT2D eigenvalue weighted by atomic mass is 9.96. The Morgan fingerprint density at radius 3 is 2.50 bits per heavy atom. The van der Waals surface area contributed by atoms with Crippen LogP contribution in [-0.2, 0) is 14.3 Å². The van der Waals surface area contributed by atoms with E-state index in [9.17, 15) is 4.79 Å².